The van der Waals surface area contributed by atoms with Crippen molar-refractivity contribution >= 4 is 154 Å². The Kier molecular flexibility index (Phi) is 21.6. The highest BCUT2D eigenvalue weighted by molar-refractivity contribution is 7.91. The van der Waals surface area contributed by atoms with Crippen molar-refractivity contribution in [3.05, 3.63) is 183 Å². The molecule has 39 heteroatoms. The van der Waals surface area contributed by atoms with Gasteiger partial charge in [0.15, 0.2) is 0 Å². The van der Waals surface area contributed by atoms with Crippen molar-refractivity contribution in [2.24, 2.45) is 0 Å². The third kappa shape index (κ3) is 17.6. The van der Waals surface area contributed by atoms with E-state index in [1.165, 1.54) is 50.4 Å². The summed E-state index contributed by atoms with van der Waals surface area (Å²) in [5, 5.41) is 1.25. The molecule has 5 aromatic carbocycles. The van der Waals surface area contributed by atoms with Crippen molar-refractivity contribution in [2.75, 3.05) is 36.0 Å². The summed E-state index contributed by atoms with van der Waals surface area (Å²) in [7, 11) is -9.59. The lowest BCUT2D eigenvalue weighted by Crippen LogP contribution is -2.30. The van der Waals surface area contributed by atoms with Gasteiger partial charge in [-0.05, 0) is 111 Å². The molecule has 0 radical (unpaired) electrons. The second-order valence-corrected chi connectivity index (χ2v) is 33.7. The highest BCUT2D eigenvalue weighted by Crippen LogP contribution is 2.41. The van der Waals surface area contributed by atoms with Crippen molar-refractivity contribution in [2.45, 2.75) is 109 Å². The van der Waals surface area contributed by atoms with Crippen LogP contribution in [-0.4, -0.2) is 135 Å². The molecule has 12 aromatic rings. The number of nitrogens with zero attached hydrogens (tertiary/aromatic N) is 13. The molecule has 1 aliphatic rings. The molecule has 550 valence electrons. The zero-order chi connectivity index (χ0) is 74.8. The normalized spacial score (nSPS) is 13.5. The molecule has 0 unspecified atom stereocenters. The zero-order valence-corrected chi connectivity index (χ0v) is 60.4. The summed E-state index contributed by atoms with van der Waals surface area (Å²) in [4.78, 5) is 57.1. The number of rotatable bonds is 21. The number of aryl methyl sites for hydroxylation is 3. The van der Waals surface area contributed by atoms with Crippen LogP contribution in [0.3, 0.4) is 0 Å². The number of fused-ring (bicyclic) bond motifs is 6. The lowest BCUT2D eigenvalue weighted by atomic mass is 10.1. The lowest BCUT2D eigenvalue weighted by molar-refractivity contribution is -0.141. The summed E-state index contributed by atoms with van der Waals surface area (Å²) in [5.41, 5.74) is 0.752. The van der Waals surface area contributed by atoms with Gasteiger partial charge in [-0.1, -0.05) is 70.1 Å². The number of hydrogen-bond donors (Lipinski definition) is 0. The molecule has 0 spiro atoms. The van der Waals surface area contributed by atoms with Crippen molar-refractivity contribution in [3.63, 3.8) is 0 Å². The first-order chi connectivity index (χ1) is 48.1. The predicted octanol–water partition coefficient (Wildman–Crippen LogP) is 13.0. The SMILES string of the molecule is CS(=O)(=O)CCCn1c(Cn2c(=O)n(C3CC3)c3c(C(F)(F)F)cccc32)nc2cc(Cl)ccc21.CS(=O)(=O)CCCn1c(Cn2c(=O)n(CC(F)(F)F)c3c(Cl)cccc32)nc2cc(Cl)ccc21.CS(=O)(=O)CCCn1c(Cn2c(=O)n(CC(F)(F)F)c3c(Cl)cncc32)nc2cc(Cl)ccc21. The van der Waals surface area contributed by atoms with Crippen LogP contribution in [0.15, 0.2) is 118 Å². The maximum Gasteiger partial charge on any atom is 0.418 e. The van der Waals surface area contributed by atoms with Crippen LogP contribution in [0.25, 0.3) is 66.2 Å². The first kappa shape index (κ1) is 76.3. The highest BCUT2D eigenvalue weighted by Gasteiger charge is 2.39. The van der Waals surface area contributed by atoms with Crippen molar-refractivity contribution in [3.8, 4) is 0 Å². The van der Waals surface area contributed by atoms with Gasteiger partial charge in [0, 0.05) is 65.7 Å². The first-order valence-electron chi connectivity index (χ1n) is 31.1. The molecule has 13 rings (SSSR count). The Balaban J connectivity index is 0.000000155. The van der Waals surface area contributed by atoms with Gasteiger partial charge in [-0.15, -0.1) is 0 Å². The summed E-state index contributed by atoms with van der Waals surface area (Å²) in [6, 6.07) is 23.1. The van der Waals surface area contributed by atoms with E-state index < -0.39 is 83.8 Å². The van der Waals surface area contributed by atoms with Gasteiger partial charge in [0.1, 0.15) is 60.1 Å². The Labute approximate surface area is 603 Å². The standard InChI is InChI=1S/C23H22ClF3N4O3S.C21H19Cl2F3N4O3S.C20H18Cl2F3N5O3S/c1-35(33,34)11-3-10-29-18-9-6-14(24)12-17(18)28-20(29)13-30-19-5-2-4-16(23(25,26)27)21(19)31(22(30)32)15-7-8-15;1-34(32,33)9-3-8-28-16-7-6-13(22)10-15(16)27-18(28)11-29-17-5-2-4-14(23)19(17)30(20(29)31)12-21(24,25)26;1-34(32,33)6-2-5-28-15-4-3-12(21)7-14(15)27-17(28)10-29-16-9-26-8-13(22)18(16)30(19(29)31)11-20(23,24)25/h2,4-6,9,12,15H,3,7-8,10-11,13H2,1H3;2,4-7,10H,3,8-9,11-12H2,1H3;3-4,7-9H,2,5-6,10-11H2,1H3. The van der Waals surface area contributed by atoms with Crippen molar-refractivity contribution in [1.82, 2.24) is 61.0 Å². The van der Waals surface area contributed by atoms with E-state index in [9.17, 15) is 79.2 Å². The van der Waals surface area contributed by atoms with E-state index in [1.54, 1.807) is 74.4 Å². The molecule has 1 aliphatic carbocycles. The van der Waals surface area contributed by atoms with Gasteiger partial charge in [0.05, 0.1) is 125 Å². The van der Waals surface area contributed by atoms with Crippen LogP contribution in [-0.2, 0) is 88.0 Å². The highest BCUT2D eigenvalue weighted by atomic mass is 35.5. The van der Waals surface area contributed by atoms with E-state index in [0.717, 1.165) is 29.4 Å². The predicted molar refractivity (Wildman–Crippen MR) is 376 cm³/mol. The molecule has 1 saturated carbocycles. The minimum Gasteiger partial charge on any atom is -0.326 e. The Morgan fingerprint density at radius 1 is 0.427 bits per heavy atom. The molecule has 0 bridgehead atoms. The Bertz CT molecular complexity index is 5620. The molecular weight excluding hydrogens is 1540 g/mol. The first-order valence-corrected chi connectivity index (χ1v) is 39.2. The number of pyridine rings is 1. The average Bonchev–Trinajstić information content (AvgIpc) is 1.67. The molecule has 7 heterocycles. The van der Waals surface area contributed by atoms with Crippen LogP contribution in [0.4, 0.5) is 39.5 Å². The van der Waals surface area contributed by atoms with Crippen molar-refractivity contribution < 1.29 is 64.8 Å². The van der Waals surface area contributed by atoms with Gasteiger partial charge >= 0.3 is 35.6 Å². The van der Waals surface area contributed by atoms with E-state index in [2.05, 4.69) is 19.9 Å². The fraction of sp³-hybridized carbons (Fsp3) is 0.359. The third-order valence-electron chi connectivity index (χ3n) is 16.7. The van der Waals surface area contributed by atoms with Gasteiger partial charge in [-0.3, -0.25) is 32.4 Å². The average molecular weight is 1600 g/mol. The minimum absolute atomic E-state index is 0.0192. The molecule has 0 saturated heterocycles. The van der Waals surface area contributed by atoms with Crippen LogP contribution in [0, 0.1) is 0 Å². The number of aromatic nitrogens is 13. The lowest BCUT2D eigenvalue weighted by Gasteiger charge is -2.11. The maximum atomic E-state index is 13.8. The monoisotopic (exact) mass is 1600 g/mol. The molecule has 22 nitrogen and oxygen atoms in total. The zero-order valence-electron chi connectivity index (χ0n) is 54.2. The number of para-hydroxylation sites is 2. The number of imidazole rings is 6. The van der Waals surface area contributed by atoms with Crippen LogP contribution in [0.2, 0.25) is 25.1 Å². The molecule has 103 heavy (non-hydrogen) atoms. The minimum atomic E-state index is -4.65. The second kappa shape index (κ2) is 29.2. The molecule has 7 aromatic heterocycles. The third-order valence-corrected chi connectivity index (χ3v) is 21.1. The summed E-state index contributed by atoms with van der Waals surface area (Å²) >= 11 is 30.6. The fourth-order valence-electron chi connectivity index (χ4n) is 12.3. The number of hydrogen-bond acceptors (Lipinski definition) is 13. The van der Waals surface area contributed by atoms with Crippen LogP contribution in [0.5, 0.6) is 0 Å². The molecule has 0 amide bonds. The smallest absolute Gasteiger partial charge is 0.326 e. The van der Waals surface area contributed by atoms with E-state index >= 15 is 0 Å². The van der Waals surface area contributed by atoms with Gasteiger partial charge in [-0.25, -0.2) is 54.6 Å². The van der Waals surface area contributed by atoms with Gasteiger partial charge in [0.25, 0.3) is 0 Å². The summed E-state index contributed by atoms with van der Waals surface area (Å²) < 4.78 is 202. The molecule has 0 atom stereocenters. The Hall–Kier alpha value is -7.86. The maximum absolute atomic E-state index is 13.8. The van der Waals surface area contributed by atoms with Crippen LogP contribution in [0.1, 0.15) is 61.2 Å². The van der Waals surface area contributed by atoms with Crippen LogP contribution < -0.4 is 17.1 Å². The van der Waals surface area contributed by atoms with E-state index in [4.69, 9.17) is 58.0 Å². The second-order valence-electron chi connectivity index (χ2n) is 24.8. The Morgan fingerprint density at radius 3 is 1.17 bits per heavy atom. The Morgan fingerprint density at radius 2 is 0.796 bits per heavy atom. The van der Waals surface area contributed by atoms with E-state index in [1.807, 2.05) is 0 Å². The van der Waals surface area contributed by atoms with Crippen LogP contribution >= 0.6 is 58.0 Å². The van der Waals surface area contributed by atoms with Gasteiger partial charge in [-0.2, -0.15) is 39.5 Å². The number of sulfone groups is 3. The largest absolute Gasteiger partial charge is 0.418 e. The van der Waals surface area contributed by atoms with Crippen molar-refractivity contribution in [1.29, 1.82) is 0 Å². The fourth-order valence-corrected chi connectivity index (χ4v) is 15.3. The van der Waals surface area contributed by atoms with E-state index in [0.29, 0.717) is 101 Å². The summed E-state index contributed by atoms with van der Waals surface area (Å²) in [6.45, 7) is -2.56. The molecule has 1 fully saturated rings. The number of benzene rings is 5. The molecule has 0 N–H and O–H groups in total. The molecular formula is C64H59Cl5F9N13O9S3. The van der Waals surface area contributed by atoms with E-state index in [-0.39, 0.29) is 112 Å². The van der Waals surface area contributed by atoms with Gasteiger partial charge < -0.3 is 13.7 Å². The number of alkyl halides is 9. The topological polar surface area (TPSA) is 250 Å². The summed E-state index contributed by atoms with van der Waals surface area (Å²) in [6.07, 6.45) is -5.85. The quantitative estimate of drug-likeness (QED) is 0.0608. The number of halogens is 14. The summed E-state index contributed by atoms with van der Waals surface area (Å²) in [5.74, 6) is 1.00. The van der Waals surface area contributed by atoms with Gasteiger partial charge in [0.2, 0.25) is 0 Å². The molecule has 0 aliphatic heterocycles.